The van der Waals surface area contributed by atoms with Crippen LogP contribution in [0.25, 0.3) is 0 Å². The minimum absolute atomic E-state index is 0.00765. The molecule has 0 bridgehead atoms. The van der Waals surface area contributed by atoms with Gasteiger partial charge in [-0.15, -0.1) is 0 Å². The van der Waals surface area contributed by atoms with E-state index in [9.17, 15) is 17.9 Å². The summed E-state index contributed by atoms with van der Waals surface area (Å²) >= 11 is 0. The van der Waals surface area contributed by atoms with Crippen LogP contribution in [0.3, 0.4) is 0 Å². The summed E-state index contributed by atoms with van der Waals surface area (Å²) in [6, 6.07) is 5.42. The topological polar surface area (TPSA) is 66.4 Å². The SMILES string of the molecule is O=S(=O)(Cc1ccc(F)cc1)NCC1CCCCC1O. The molecular weight excluding hydrogens is 281 g/mol. The standard InChI is InChI=1S/C14H20FNO3S/c15-13-7-5-11(6-8-13)10-20(18,19)16-9-12-3-1-2-4-14(12)17/h5-8,12,14,16-17H,1-4,9-10H2. The summed E-state index contributed by atoms with van der Waals surface area (Å²) in [5.41, 5.74) is 0.545. The normalized spacial score (nSPS) is 23.7. The first-order valence-electron chi connectivity index (χ1n) is 6.86. The molecule has 4 nitrogen and oxygen atoms in total. The summed E-state index contributed by atoms with van der Waals surface area (Å²) in [6.45, 7) is 0.269. The molecule has 112 valence electrons. The summed E-state index contributed by atoms with van der Waals surface area (Å²) in [6.07, 6.45) is 3.20. The number of aliphatic hydroxyl groups is 1. The first-order valence-corrected chi connectivity index (χ1v) is 8.51. The van der Waals surface area contributed by atoms with Crippen LogP contribution in [0, 0.1) is 11.7 Å². The Morgan fingerprint density at radius 3 is 2.50 bits per heavy atom. The summed E-state index contributed by atoms with van der Waals surface area (Å²) < 4.78 is 39.2. The van der Waals surface area contributed by atoms with Crippen molar-refractivity contribution in [2.24, 2.45) is 5.92 Å². The minimum Gasteiger partial charge on any atom is -0.393 e. The van der Waals surface area contributed by atoms with Crippen LogP contribution in [0.2, 0.25) is 0 Å². The van der Waals surface area contributed by atoms with Gasteiger partial charge in [-0.3, -0.25) is 0 Å². The highest BCUT2D eigenvalue weighted by Gasteiger charge is 2.24. The van der Waals surface area contributed by atoms with E-state index in [1.54, 1.807) is 0 Å². The third-order valence-electron chi connectivity index (χ3n) is 3.70. The van der Waals surface area contributed by atoms with Crippen molar-refractivity contribution in [3.63, 3.8) is 0 Å². The molecule has 20 heavy (non-hydrogen) atoms. The lowest BCUT2D eigenvalue weighted by Gasteiger charge is -2.27. The second-order valence-electron chi connectivity index (χ2n) is 5.35. The Labute approximate surface area is 119 Å². The third kappa shape index (κ3) is 4.54. The number of benzene rings is 1. The molecular formula is C14H20FNO3S. The van der Waals surface area contributed by atoms with Gasteiger partial charge >= 0.3 is 0 Å². The quantitative estimate of drug-likeness (QED) is 0.871. The lowest BCUT2D eigenvalue weighted by atomic mass is 9.87. The van der Waals surface area contributed by atoms with Gasteiger partial charge in [0.2, 0.25) is 10.0 Å². The maximum atomic E-state index is 12.8. The molecule has 6 heteroatoms. The molecule has 1 fully saturated rings. The average molecular weight is 301 g/mol. The largest absolute Gasteiger partial charge is 0.393 e. The van der Waals surface area contributed by atoms with Crippen molar-refractivity contribution in [1.82, 2.24) is 4.72 Å². The van der Waals surface area contributed by atoms with Gasteiger partial charge in [-0.2, -0.15) is 0 Å². The van der Waals surface area contributed by atoms with E-state index in [-0.39, 0.29) is 24.0 Å². The summed E-state index contributed by atoms with van der Waals surface area (Å²) in [5.74, 6) is -0.563. The molecule has 2 rings (SSSR count). The van der Waals surface area contributed by atoms with E-state index in [0.29, 0.717) is 5.56 Å². The molecule has 1 saturated carbocycles. The molecule has 1 aromatic carbocycles. The molecule has 0 spiro atoms. The lowest BCUT2D eigenvalue weighted by Crippen LogP contribution is -2.37. The zero-order valence-electron chi connectivity index (χ0n) is 11.3. The highest BCUT2D eigenvalue weighted by atomic mass is 32.2. The van der Waals surface area contributed by atoms with E-state index in [1.165, 1.54) is 24.3 Å². The third-order valence-corrected chi connectivity index (χ3v) is 5.02. The Balaban J connectivity index is 1.89. The van der Waals surface area contributed by atoms with Gasteiger partial charge in [-0.25, -0.2) is 17.5 Å². The van der Waals surface area contributed by atoms with Crippen molar-refractivity contribution < 1.29 is 17.9 Å². The highest BCUT2D eigenvalue weighted by molar-refractivity contribution is 7.88. The van der Waals surface area contributed by atoms with Gasteiger partial charge in [0.15, 0.2) is 0 Å². The molecule has 1 aliphatic carbocycles. The molecule has 0 radical (unpaired) electrons. The monoisotopic (exact) mass is 301 g/mol. The molecule has 0 heterocycles. The number of nitrogens with one attached hydrogen (secondary N) is 1. The van der Waals surface area contributed by atoms with E-state index in [2.05, 4.69) is 4.72 Å². The van der Waals surface area contributed by atoms with Crippen LogP contribution in [0.4, 0.5) is 4.39 Å². The molecule has 1 aliphatic rings. The summed E-state index contributed by atoms with van der Waals surface area (Å²) in [7, 11) is -3.45. The maximum Gasteiger partial charge on any atom is 0.215 e. The van der Waals surface area contributed by atoms with Gasteiger partial charge in [0.05, 0.1) is 11.9 Å². The molecule has 2 unspecified atom stereocenters. The number of aliphatic hydroxyl groups excluding tert-OH is 1. The predicted octanol–water partition coefficient (Wildman–Crippen LogP) is 1.80. The van der Waals surface area contributed by atoms with Crippen LogP contribution in [-0.4, -0.2) is 26.2 Å². The van der Waals surface area contributed by atoms with Crippen molar-refractivity contribution in [2.75, 3.05) is 6.54 Å². The zero-order valence-corrected chi connectivity index (χ0v) is 12.1. The molecule has 0 aromatic heterocycles. The fourth-order valence-electron chi connectivity index (χ4n) is 2.51. The Morgan fingerprint density at radius 2 is 1.85 bits per heavy atom. The fraction of sp³-hybridized carbons (Fsp3) is 0.571. The number of rotatable bonds is 5. The molecule has 2 N–H and O–H groups in total. The number of sulfonamides is 1. The van der Waals surface area contributed by atoms with Crippen LogP contribution < -0.4 is 4.72 Å². The average Bonchev–Trinajstić information content (AvgIpc) is 2.40. The fourth-order valence-corrected chi connectivity index (χ4v) is 3.71. The smallest absolute Gasteiger partial charge is 0.215 e. The van der Waals surface area contributed by atoms with Gasteiger partial charge in [0.1, 0.15) is 5.82 Å². The van der Waals surface area contributed by atoms with Crippen molar-refractivity contribution in [3.05, 3.63) is 35.6 Å². The van der Waals surface area contributed by atoms with Crippen molar-refractivity contribution >= 4 is 10.0 Å². The molecule has 2 atom stereocenters. The van der Waals surface area contributed by atoms with Crippen LogP contribution >= 0.6 is 0 Å². The van der Waals surface area contributed by atoms with E-state index in [4.69, 9.17) is 0 Å². The van der Waals surface area contributed by atoms with E-state index < -0.39 is 16.1 Å². The Hall–Kier alpha value is -0.980. The van der Waals surface area contributed by atoms with E-state index in [1.807, 2.05) is 0 Å². The summed E-state index contributed by atoms with van der Waals surface area (Å²) in [5, 5.41) is 9.81. The van der Waals surface area contributed by atoms with Crippen LogP contribution in [0.1, 0.15) is 31.2 Å². The maximum absolute atomic E-state index is 12.8. The van der Waals surface area contributed by atoms with Gasteiger partial charge < -0.3 is 5.11 Å². The predicted molar refractivity (Wildman–Crippen MR) is 75.0 cm³/mol. The molecule has 0 aliphatic heterocycles. The van der Waals surface area contributed by atoms with Crippen LogP contribution in [0.5, 0.6) is 0 Å². The van der Waals surface area contributed by atoms with Crippen LogP contribution in [-0.2, 0) is 15.8 Å². The van der Waals surface area contributed by atoms with E-state index in [0.717, 1.165) is 25.7 Å². The lowest BCUT2D eigenvalue weighted by molar-refractivity contribution is 0.0724. The number of hydrogen-bond donors (Lipinski definition) is 2. The Bertz CT molecular complexity index is 530. The molecule has 0 amide bonds. The van der Waals surface area contributed by atoms with Crippen molar-refractivity contribution in [1.29, 1.82) is 0 Å². The van der Waals surface area contributed by atoms with Gasteiger partial charge in [-0.05, 0) is 36.5 Å². The van der Waals surface area contributed by atoms with Crippen LogP contribution in [0.15, 0.2) is 24.3 Å². The molecule has 0 saturated heterocycles. The number of hydrogen-bond acceptors (Lipinski definition) is 3. The highest BCUT2D eigenvalue weighted by Crippen LogP contribution is 2.23. The zero-order chi connectivity index (χ0) is 14.6. The minimum atomic E-state index is -3.45. The van der Waals surface area contributed by atoms with Gasteiger partial charge in [-0.1, -0.05) is 25.0 Å². The molecule has 1 aromatic rings. The second kappa shape index (κ2) is 6.65. The first kappa shape index (κ1) is 15.4. The van der Waals surface area contributed by atoms with E-state index >= 15 is 0 Å². The first-order chi connectivity index (χ1) is 9.46. The van der Waals surface area contributed by atoms with Gasteiger partial charge in [0, 0.05) is 6.54 Å². The Kier molecular flexibility index (Phi) is 5.12. The number of halogens is 1. The Morgan fingerprint density at radius 1 is 1.20 bits per heavy atom. The second-order valence-corrected chi connectivity index (χ2v) is 7.15. The van der Waals surface area contributed by atoms with Crippen molar-refractivity contribution in [3.8, 4) is 0 Å². The van der Waals surface area contributed by atoms with Gasteiger partial charge in [0.25, 0.3) is 0 Å². The summed E-state index contributed by atoms with van der Waals surface area (Å²) in [4.78, 5) is 0. The van der Waals surface area contributed by atoms with Crippen molar-refractivity contribution in [2.45, 2.75) is 37.5 Å².